The molecule has 1 aliphatic carbocycles. The highest BCUT2D eigenvalue weighted by Crippen LogP contribution is 2.27. The number of aryl methyl sites for hydroxylation is 1. The maximum Gasteiger partial charge on any atom is 0.153 e. The first kappa shape index (κ1) is 12.0. The van der Waals surface area contributed by atoms with E-state index in [9.17, 15) is 0 Å². The Bertz CT molecular complexity index is 377. The van der Waals surface area contributed by atoms with E-state index in [1.165, 1.54) is 62.0 Å². The zero-order valence-corrected chi connectivity index (χ0v) is 11.2. The highest BCUT2D eigenvalue weighted by atomic mass is 15.3. The SMILES string of the molecule is C1CCCc2c(N3CCCNCC3)n[nH]c2CC1. The molecule has 0 amide bonds. The van der Waals surface area contributed by atoms with E-state index in [-0.39, 0.29) is 0 Å². The molecule has 1 saturated heterocycles. The topological polar surface area (TPSA) is 44.0 Å². The van der Waals surface area contributed by atoms with Crippen LogP contribution in [0.2, 0.25) is 0 Å². The summed E-state index contributed by atoms with van der Waals surface area (Å²) in [6, 6.07) is 0. The molecule has 100 valence electrons. The molecule has 0 bridgehead atoms. The summed E-state index contributed by atoms with van der Waals surface area (Å²) >= 11 is 0. The first-order valence-electron chi connectivity index (χ1n) is 7.47. The molecule has 2 N–H and O–H groups in total. The van der Waals surface area contributed by atoms with Crippen molar-refractivity contribution in [2.75, 3.05) is 31.1 Å². The van der Waals surface area contributed by atoms with Crippen molar-refractivity contribution >= 4 is 5.82 Å². The van der Waals surface area contributed by atoms with Crippen LogP contribution in [-0.2, 0) is 12.8 Å². The number of aromatic nitrogens is 2. The monoisotopic (exact) mass is 248 g/mol. The van der Waals surface area contributed by atoms with Gasteiger partial charge in [-0.1, -0.05) is 12.8 Å². The molecule has 18 heavy (non-hydrogen) atoms. The fourth-order valence-electron chi connectivity index (χ4n) is 3.14. The lowest BCUT2D eigenvalue weighted by molar-refractivity contribution is 0.611. The van der Waals surface area contributed by atoms with Crippen LogP contribution in [0.5, 0.6) is 0 Å². The number of nitrogens with zero attached hydrogens (tertiary/aromatic N) is 2. The largest absolute Gasteiger partial charge is 0.354 e. The number of anilines is 1. The Kier molecular flexibility index (Phi) is 3.84. The predicted octanol–water partition coefficient (Wildman–Crippen LogP) is 1.87. The third kappa shape index (κ3) is 2.53. The summed E-state index contributed by atoms with van der Waals surface area (Å²) in [5, 5.41) is 11.4. The van der Waals surface area contributed by atoms with E-state index in [0.717, 1.165) is 26.2 Å². The van der Waals surface area contributed by atoms with Crippen LogP contribution in [0.25, 0.3) is 0 Å². The zero-order valence-electron chi connectivity index (χ0n) is 11.2. The van der Waals surface area contributed by atoms with Crippen LogP contribution >= 0.6 is 0 Å². The first-order chi connectivity index (χ1) is 8.95. The molecule has 3 rings (SSSR count). The lowest BCUT2D eigenvalue weighted by atomic mass is 9.98. The van der Waals surface area contributed by atoms with Gasteiger partial charge in [-0.05, 0) is 38.6 Å². The van der Waals surface area contributed by atoms with Crippen LogP contribution in [0, 0.1) is 0 Å². The Balaban J connectivity index is 1.82. The fourth-order valence-corrected chi connectivity index (χ4v) is 3.14. The maximum atomic E-state index is 4.62. The van der Waals surface area contributed by atoms with Crippen LogP contribution in [0.4, 0.5) is 5.82 Å². The summed E-state index contributed by atoms with van der Waals surface area (Å²) < 4.78 is 0. The van der Waals surface area contributed by atoms with Crippen LogP contribution in [0.15, 0.2) is 0 Å². The number of hydrogen-bond donors (Lipinski definition) is 2. The molecular formula is C14H24N4. The second kappa shape index (κ2) is 5.74. The number of rotatable bonds is 1. The molecular weight excluding hydrogens is 224 g/mol. The molecule has 0 spiro atoms. The van der Waals surface area contributed by atoms with E-state index in [0.29, 0.717) is 0 Å². The van der Waals surface area contributed by atoms with Crippen molar-refractivity contribution in [3.05, 3.63) is 11.3 Å². The first-order valence-corrected chi connectivity index (χ1v) is 7.47. The standard InChI is InChI=1S/C14H24N4/c1-2-4-7-13-12(6-3-1)14(17-16-13)18-10-5-8-15-9-11-18/h15H,1-11H2,(H,16,17). The maximum absolute atomic E-state index is 4.62. The van der Waals surface area contributed by atoms with Gasteiger partial charge < -0.3 is 10.2 Å². The van der Waals surface area contributed by atoms with Gasteiger partial charge >= 0.3 is 0 Å². The summed E-state index contributed by atoms with van der Waals surface area (Å²) in [6.07, 6.45) is 9.02. The minimum atomic E-state index is 1.08. The zero-order chi connectivity index (χ0) is 12.2. The third-order valence-corrected chi connectivity index (χ3v) is 4.17. The Morgan fingerprint density at radius 2 is 1.78 bits per heavy atom. The highest BCUT2D eigenvalue weighted by Gasteiger charge is 2.20. The van der Waals surface area contributed by atoms with E-state index in [2.05, 4.69) is 20.4 Å². The number of fused-ring (bicyclic) bond motifs is 1. The number of aromatic amines is 1. The van der Waals surface area contributed by atoms with Gasteiger partial charge in [0.2, 0.25) is 0 Å². The van der Waals surface area contributed by atoms with E-state index in [1.54, 1.807) is 0 Å². The molecule has 0 aromatic carbocycles. The van der Waals surface area contributed by atoms with Gasteiger partial charge in [-0.3, -0.25) is 5.10 Å². The molecule has 1 fully saturated rings. The predicted molar refractivity (Wildman–Crippen MR) is 74.2 cm³/mol. The van der Waals surface area contributed by atoms with Crippen molar-refractivity contribution in [1.82, 2.24) is 15.5 Å². The summed E-state index contributed by atoms with van der Waals surface area (Å²) in [7, 11) is 0. The third-order valence-electron chi connectivity index (χ3n) is 4.17. The van der Waals surface area contributed by atoms with Crippen molar-refractivity contribution < 1.29 is 0 Å². The quantitative estimate of drug-likeness (QED) is 0.797. The van der Waals surface area contributed by atoms with Gasteiger partial charge in [-0.25, -0.2) is 0 Å². The Morgan fingerprint density at radius 1 is 0.889 bits per heavy atom. The second-order valence-corrected chi connectivity index (χ2v) is 5.51. The van der Waals surface area contributed by atoms with E-state index in [1.807, 2.05) is 0 Å². The molecule has 1 aromatic rings. The molecule has 2 aliphatic rings. The average Bonchev–Trinajstić information content (AvgIpc) is 2.60. The van der Waals surface area contributed by atoms with Crippen LogP contribution < -0.4 is 10.2 Å². The highest BCUT2D eigenvalue weighted by molar-refractivity contribution is 5.49. The van der Waals surface area contributed by atoms with Crippen molar-refractivity contribution in [2.45, 2.75) is 44.9 Å². The molecule has 4 nitrogen and oxygen atoms in total. The van der Waals surface area contributed by atoms with Gasteiger partial charge in [-0.15, -0.1) is 0 Å². The van der Waals surface area contributed by atoms with Crippen molar-refractivity contribution in [2.24, 2.45) is 0 Å². The molecule has 4 heteroatoms. The minimum absolute atomic E-state index is 1.08. The van der Waals surface area contributed by atoms with Crippen molar-refractivity contribution in [3.63, 3.8) is 0 Å². The van der Waals surface area contributed by atoms with E-state index in [4.69, 9.17) is 0 Å². The van der Waals surface area contributed by atoms with Crippen LogP contribution in [-0.4, -0.2) is 36.4 Å². The van der Waals surface area contributed by atoms with Crippen molar-refractivity contribution in [1.29, 1.82) is 0 Å². The summed E-state index contributed by atoms with van der Waals surface area (Å²) in [6.45, 7) is 4.46. The Hall–Kier alpha value is -1.03. The number of hydrogen-bond acceptors (Lipinski definition) is 3. The molecule has 1 aliphatic heterocycles. The summed E-state index contributed by atoms with van der Waals surface area (Å²) in [5.41, 5.74) is 2.92. The van der Waals surface area contributed by atoms with Gasteiger partial charge in [0.25, 0.3) is 0 Å². The lowest BCUT2D eigenvalue weighted by Crippen LogP contribution is -2.29. The molecule has 0 radical (unpaired) electrons. The average molecular weight is 248 g/mol. The van der Waals surface area contributed by atoms with E-state index >= 15 is 0 Å². The Morgan fingerprint density at radius 3 is 2.72 bits per heavy atom. The van der Waals surface area contributed by atoms with Crippen LogP contribution in [0.3, 0.4) is 0 Å². The molecule has 1 aromatic heterocycles. The van der Waals surface area contributed by atoms with Gasteiger partial charge in [0, 0.05) is 30.9 Å². The molecule has 0 saturated carbocycles. The molecule has 0 unspecified atom stereocenters. The smallest absolute Gasteiger partial charge is 0.153 e. The lowest BCUT2D eigenvalue weighted by Gasteiger charge is -2.21. The van der Waals surface area contributed by atoms with Gasteiger partial charge in [0.1, 0.15) is 0 Å². The van der Waals surface area contributed by atoms with Crippen molar-refractivity contribution in [3.8, 4) is 0 Å². The fraction of sp³-hybridized carbons (Fsp3) is 0.786. The molecule has 2 heterocycles. The van der Waals surface area contributed by atoms with Gasteiger partial charge in [-0.2, -0.15) is 5.10 Å². The Labute approximate surface area is 109 Å². The number of nitrogens with one attached hydrogen (secondary N) is 2. The van der Waals surface area contributed by atoms with Gasteiger partial charge in [0.05, 0.1) is 0 Å². The second-order valence-electron chi connectivity index (χ2n) is 5.51. The molecule has 0 atom stereocenters. The summed E-state index contributed by atoms with van der Waals surface area (Å²) in [4.78, 5) is 2.47. The van der Waals surface area contributed by atoms with Crippen LogP contribution in [0.1, 0.15) is 43.4 Å². The number of H-pyrrole nitrogens is 1. The minimum Gasteiger partial charge on any atom is -0.354 e. The summed E-state index contributed by atoms with van der Waals surface area (Å²) in [5.74, 6) is 1.25. The normalized spacial score (nSPS) is 21.9. The van der Waals surface area contributed by atoms with Gasteiger partial charge in [0.15, 0.2) is 5.82 Å². The van der Waals surface area contributed by atoms with E-state index < -0.39 is 0 Å².